The highest BCUT2D eigenvalue weighted by atomic mass is 32.2. The molecule has 0 amide bonds. The summed E-state index contributed by atoms with van der Waals surface area (Å²) in [7, 11) is 0. The van der Waals surface area contributed by atoms with Gasteiger partial charge >= 0.3 is 0 Å². The van der Waals surface area contributed by atoms with E-state index >= 15 is 0 Å². The maximum absolute atomic E-state index is 5.81. The number of thioether (sulfide) groups is 1. The van der Waals surface area contributed by atoms with Gasteiger partial charge in [-0.3, -0.25) is 4.98 Å². The zero-order valence-electron chi connectivity index (χ0n) is 10.7. The number of nitrogens with two attached hydrogens (primary N) is 1. The predicted molar refractivity (Wildman–Crippen MR) is 71.2 cm³/mol. The second-order valence-electron chi connectivity index (χ2n) is 4.97. The Morgan fingerprint density at radius 3 is 2.78 bits per heavy atom. The highest BCUT2D eigenvalue weighted by Gasteiger charge is 2.21. The monoisotopic (exact) mass is 264 g/mol. The second kappa shape index (κ2) is 4.97. The normalized spacial score (nSPS) is 11.7. The van der Waals surface area contributed by atoms with E-state index in [2.05, 4.69) is 15.1 Å². The van der Waals surface area contributed by atoms with Crippen LogP contribution in [0.4, 0.5) is 5.69 Å². The third kappa shape index (κ3) is 3.01. The smallest absolute Gasteiger partial charge is 0.232 e. The van der Waals surface area contributed by atoms with Gasteiger partial charge in [0.25, 0.3) is 0 Å². The fourth-order valence-electron chi connectivity index (χ4n) is 1.28. The van der Waals surface area contributed by atoms with Crippen molar-refractivity contribution in [3.63, 3.8) is 0 Å². The minimum Gasteiger partial charge on any atom is -0.397 e. The van der Waals surface area contributed by atoms with Gasteiger partial charge in [-0.1, -0.05) is 25.9 Å². The van der Waals surface area contributed by atoms with E-state index in [1.165, 1.54) is 0 Å². The SMILES string of the molecule is CC(C)(C)c1nc(CSc2ccncc2N)no1. The van der Waals surface area contributed by atoms with Gasteiger partial charge < -0.3 is 10.3 Å². The van der Waals surface area contributed by atoms with E-state index in [-0.39, 0.29) is 5.41 Å². The second-order valence-corrected chi connectivity index (χ2v) is 5.99. The Balaban J connectivity index is 2.03. The van der Waals surface area contributed by atoms with Gasteiger partial charge in [-0.15, -0.1) is 11.8 Å². The number of aromatic nitrogens is 3. The van der Waals surface area contributed by atoms with Gasteiger partial charge in [0.2, 0.25) is 5.89 Å². The molecule has 2 heterocycles. The molecule has 2 aromatic rings. The number of nitrogens with zero attached hydrogens (tertiary/aromatic N) is 3. The minimum atomic E-state index is -0.119. The molecule has 0 radical (unpaired) electrons. The lowest BCUT2D eigenvalue weighted by atomic mass is 9.97. The largest absolute Gasteiger partial charge is 0.397 e. The fourth-order valence-corrected chi connectivity index (χ4v) is 2.06. The molecule has 5 nitrogen and oxygen atoms in total. The summed E-state index contributed by atoms with van der Waals surface area (Å²) in [5.74, 6) is 1.97. The molecule has 0 atom stereocenters. The highest BCUT2D eigenvalue weighted by molar-refractivity contribution is 7.98. The van der Waals surface area contributed by atoms with Crippen LogP contribution in [0, 0.1) is 0 Å². The van der Waals surface area contributed by atoms with Crippen molar-refractivity contribution >= 4 is 17.4 Å². The van der Waals surface area contributed by atoms with Gasteiger partial charge in [0.15, 0.2) is 5.82 Å². The summed E-state index contributed by atoms with van der Waals surface area (Å²) in [5, 5.41) is 3.96. The number of anilines is 1. The van der Waals surface area contributed by atoms with Gasteiger partial charge in [-0.25, -0.2) is 0 Å². The molecule has 96 valence electrons. The molecular formula is C12H16N4OS. The van der Waals surface area contributed by atoms with E-state index in [9.17, 15) is 0 Å². The van der Waals surface area contributed by atoms with E-state index in [0.717, 1.165) is 4.90 Å². The van der Waals surface area contributed by atoms with Gasteiger partial charge in [0.1, 0.15) is 0 Å². The van der Waals surface area contributed by atoms with Crippen LogP contribution in [0.1, 0.15) is 32.5 Å². The maximum Gasteiger partial charge on any atom is 0.232 e. The molecule has 0 aliphatic carbocycles. The number of pyridine rings is 1. The Bertz CT molecular complexity index is 533. The average Bonchev–Trinajstić information content (AvgIpc) is 2.76. The molecule has 0 aromatic carbocycles. The summed E-state index contributed by atoms with van der Waals surface area (Å²) >= 11 is 1.57. The van der Waals surface area contributed by atoms with Crippen molar-refractivity contribution in [1.82, 2.24) is 15.1 Å². The van der Waals surface area contributed by atoms with Crippen LogP contribution < -0.4 is 5.73 Å². The first-order valence-corrected chi connectivity index (χ1v) is 6.61. The summed E-state index contributed by atoms with van der Waals surface area (Å²) in [5.41, 5.74) is 6.36. The molecule has 6 heteroatoms. The molecule has 2 rings (SSSR count). The van der Waals surface area contributed by atoms with Crippen molar-refractivity contribution in [3.8, 4) is 0 Å². The van der Waals surface area contributed by atoms with Crippen molar-refractivity contribution in [2.75, 3.05) is 5.73 Å². The third-order valence-corrected chi connectivity index (χ3v) is 3.36. The molecule has 0 saturated carbocycles. The lowest BCUT2D eigenvalue weighted by molar-refractivity contribution is 0.319. The van der Waals surface area contributed by atoms with Crippen LogP contribution >= 0.6 is 11.8 Å². The van der Waals surface area contributed by atoms with E-state index < -0.39 is 0 Å². The summed E-state index contributed by atoms with van der Waals surface area (Å²) in [6.07, 6.45) is 3.36. The van der Waals surface area contributed by atoms with E-state index in [4.69, 9.17) is 10.3 Å². The van der Waals surface area contributed by atoms with Crippen molar-refractivity contribution in [2.45, 2.75) is 36.8 Å². The van der Waals surface area contributed by atoms with Crippen molar-refractivity contribution in [2.24, 2.45) is 0 Å². The van der Waals surface area contributed by atoms with Crippen LogP contribution in [0.3, 0.4) is 0 Å². The predicted octanol–water partition coefficient (Wildman–Crippen LogP) is 2.64. The summed E-state index contributed by atoms with van der Waals surface area (Å²) in [6.45, 7) is 6.12. The van der Waals surface area contributed by atoms with Gasteiger partial charge in [0.05, 0.1) is 17.6 Å². The molecule has 0 saturated heterocycles. The zero-order chi connectivity index (χ0) is 13.2. The van der Waals surface area contributed by atoms with E-state index in [0.29, 0.717) is 23.2 Å². The molecule has 0 unspecified atom stereocenters. The highest BCUT2D eigenvalue weighted by Crippen LogP contribution is 2.27. The van der Waals surface area contributed by atoms with Crippen molar-refractivity contribution < 1.29 is 4.52 Å². The molecule has 0 spiro atoms. The molecule has 2 N–H and O–H groups in total. The summed E-state index contributed by atoms with van der Waals surface area (Å²) < 4.78 is 5.23. The number of hydrogen-bond acceptors (Lipinski definition) is 6. The number of hydrogen-bond donors (Lipinski definition) is 1. The van der Waals surface area contributed by atoms with Crippen LogP contribution in [-0.2, 0) is 11.2 Å². The first-order valence-electron chi connectivity index (χ1n) is 5.62. The molecule has 0 fully saturated rings. The lowest BCUT2D eigenvalue weighted by Crippen LogP contribution is -2.11. The molecule has 0 aliphatic rings. The Labute approximate surface area is 110 Å². The maximum atomic E-state index is 5.81. The first-order chi connectivity index (χ1) is 8.47. The zero-order valence-corrected chi connectivity index (χ0v) is 11.5. The quantitative estimate of drug-likeness (QED) is 0.859. The van der Waals surface area contributed by atoms with Crippen LogP contribution in [-0.4, -0.2) is 15.1 Å². The van der Waals surface area contributed by atoms with Gasteiger partial charge in [-0.2, -0.15) is 4.98 Å². The van der Waals surface area contributed by atoms with Gasteiger partial charge in [-0.05, 0) is 6.07 Å². The number of nitrogen functional groups attached to an aromatic ring is 1. The van der Waals surface area contributed by atoms with Crippen molar-refractivity contribution in [1.29, 1.82) is 0 Å². The molecule has 2 aromatic heterocycles. The van der Waals surface area contributed by atoms with E-state index in [1.807, 2.05) is 26.8 Å². The van der Waals surface area contributed by atoms with Crippen LogP contribution in [0.5, 0.6) is 0 Å². The Kier molecular flexibility index (Phi) is 3.56. The topological polar surface area (TPSA) is 77.8 Å². The fraction of sp³-hybridized carbons (Fsp3) is 0.417. The molecule has 0 aliphatic heterocycles. The Hall–Kier alpha value is -1.56. The summed E-state index contributed by atoms with van der Waals surface area (Å²) in [6, 6.07) is 1.88. The summed E-state index contributed by atoms with van der Waals surface area (Å²) in [4.78, 5) is 9.30. The standard InChI is InChI=1S/C12H16N4OS/c1-12(2,3)11-15-10(16-17-11)7-18-9-4-5-14-6-8(9)13/h4-6H,7,13H2,1-3H3. The number of rotatable bonds is 3. The Morgan fingerprint density at radius 1 is 1.39 bits per heavy atom. The van der Waals surface area contributed by atoms with Crippen LogP contribution in [0.25, 0.3) is 0 Å². The van der Waals surface area contributed by atoms with Crippen molar-refractivity contribution in [3.05, 3.63) is 30.2 Å². The van der Waals surface area contributed by atoms with Crippen LogP contribution in [0.2, 0.25) is 0 Å². The minimum absolute atomic E-state index is 0.119. The first kappa shape index (κ1) is 12.9. The molecule has 0 bridgehead atoms. The third-order valence-electron chi connectivity index (χ3n) is 2.28. The Morgan fingerprint density at radius 2 is 2.17 bits per heavy atom. The average molecular weight is 264 g/mol. The molecule has 18 heavy (non-hydrogen) atoms. The van der Waals surface area contributed by atoms with Crippen LogP contribution in [0.15, 0.2) is 27.9 Å². The lowest BCUT2D eigenvalue weighted by Gasteiger charge is -2.10. The molecular weight excluding hydrogens is 248 g/mol. The van der Waals surface area contributed by atoms with E-state index in [1.54, 1.807) is 24.2 Å². The van der Waals surface area contributed by atoms with Gasteiger partial charge in [0, 0.05) is 16.5 Å².